The van der Waals surface area contributed by atoms with Gasteiger partial charge in [0.25, 0.3) is 26.1 Å². The highest BCUT2D eigenvalue weighted by atomic mass is 32.2. The summed E-state index contributed by atoms with van der Waals surface area (Å²) in [5.41, 5.74) is 2.91. The van der Waals surface area contributed by atoms with Gasteiger partial charge in [0.2, 0.25) is 0 Å². The van der Waals surface area contributed by atoms with Crippen LogP contribution in [0.25, 0.3) is 0 Å². The predicted molar refractivity (Wildman–Crippen MR) is 90.6 cm³/mol. The fourth-order valence-electron chi connectivity index (χ4n) is 2.28. The summed E-state index contributed by atoms with van der Waals surface area (Å²) in [7, 11) is -8.06. The standard InChI is InChI=1S/C12H18N4O5S3/c1-8-2-4-10(5-3-8)23(18,19)15-14-12(17)11-6-9(22)7-16(11)24(13,20)21/h2-5,9,11,15,22H,6-7H2,1H3,(H,14,17)(H2,13,20,21)/t9-,11+/m1/s1. The summed E-state index contributed by atoms with van der Waals surface area (Å²) in [6, 6.07) is 4.88. The first-order chi connectivity index (χ1) is 11.0. The van der Waals surface area contributed by atoms with Gasteiger partial charge >= 0.3 is 0 Å². The van der Waals surface area contributed by atoms with Gasteiger partial charge in [0.05, 0.1) is 4.90 Å². The normalized spacial score (nSPS) is 22.5. The lowest BCUT2D eigenvalue weighted by Gasteiger charge is -2.20. The van der Waals surface area contributed by atoms with Gasteiger partial charge in [-0.25, -0.2) is 13.6 Å². The zero-order valence-electron chi connectivity index (χ0n) is 12.7. The Kier molecular flexibility index (Phi) is 5.57. The second-order valence-electron chi connectivity index (χ2n) is 5.43. The average molecular weight is 395 g/mol. The van der Waals surface area contributed by atoms with E-state index < -0.39 is 32.2 Å². The topological polar surface area (TPSA) is 139 Å². The van der Waals surface area contributed by atoms with Gasteiger partial charge in [-0.1, -0.05) is 17.7 Å². The van der Waals surface area contributed by atoms with Crippen molar-refractivity contribution in [3.63, 3.8) is 0 Å². The van der Waals surface area contributed by atoms with Crippen LogP contribution in [0.15, 0.2) is 29.2 Å². The number of benzene rings is 1. The monoisotopic (exact) mass is 394 g/mol. The van der Waals surface area contributed by atoms with Crippen molar-refractivity contribution in [1.82, 2.24) is 14.6 Å². The number of hydrazine groups is 1. The molecule has 4 N–H and O–H groups in total. The molecule has 0 unspecified atom stereocenters. The highest BCUT2D eigenvalue weighted by Crippen LogP contribution is 2.23. The number of sulfonamides is 1. The Bertz CT molecular complexity index is 823. The quantitative estimate of drug-likeness (QED) is 0.370. The smallest absolute Gasteiger partial charge is 0.276 e. The van der Waals surface area contributed by atoms with E-state index in [1.54, 1.807) is 19.1 Å². The summed E-state index contributed by atoms with van der Waals surface area (Å²) in [5.74, 6) is -0.823. The molecule has 0 spiro atoms. The maximum absolute atomic E-state index is 12.1. The third-order valence-corrected chi connectivity index (χ3v) is 6.20. The van der Waals surface area contributed by atoms with E-state index >= 15 is 0 Å². The lowest BCUT2D eigenvalue weighted by atomic mass is 10.2. The van der Waals surface area contributed by atoms with Crippen LogP contribution in [0.3, 0.4) is 0 Å². The molecule has 0 aliphatic carbocycles. The number of carbonyl (C=O) groups excluding carboxylic acids is 1. The largest absolute Gasteiger partial charge is 0.277 e. The average Bonchev–Trinajstić information content (AvgIpc) is 2.87. The number of amides is 1. The molecule has 1 aromatic carbocycles. The number of nitrogens with one attached hydrogen (secondary N) is 2. The number of nitrogens with two attached hydrogens (primary N) is 1. The van der Waals surface area contributed by atoms with Crippen LogP contribution in [0.5, 0.6) is 0 Å². The molecule has 24 heavy (non-hydrogen) atoms. The van der Waals surface area contributed by atoms with Gasteiger partial charge in [0, 0.05) is 11.8 Å². The van der Waals surface area contributed by atoms with Gasteiger partial charge in [-0.3, -0.25) is 10.2 Å². The van der Waals surface area contributed by atoms with E-state index in [1.807, 2.05) is 10.3 Å². The fourth-order valence-corrected chi connectivity index (χ4v) is 4.54. The van der Waals surface area contributed by atoms with E-state index in [0.29, 0.717) is 0 Å². The van der Waals surface area contributed by atoms with Crippen molar-refractivity contribution in [2.45, 2.75) is 29.5 Å². The SMILES string of the molecule is Cc1ccc(S(=O)(=O)NNC(=O)[C@@H]2C[C@@H](S)CN2S(N)(=O)=O)cc1. The van der Waals surface area contributed by atoms with Crippen LogP contribution in [0.1, 0.15) is 12.0 Å². The molecule has 12 heteroatoms. The van der Waals surface area contributed by atoms with Crippen molar-refractivity contribution in [1.29, 1.82) is 0 Å². The Balaban J connectivity index is 2.08. The fraction of sp³-hybridized carbons (Fsp3) is 0.417. The Hall–Kier alpha value is -1.18. The zero-order valence-corrected chi connectivity index (χ0v) is 15.2. The maximum Gasteiger partial charge on any atom is 0.277 e. The van der Waals surface area contributed by atoms with Crippen molar-refractivity contribution in [2.75, 3.05) is 6.54 Å². The third kappa shape index (κ3) is 4.46. The van der Waals surface area contributed by atoms with Gasteiger partial charge in [-0.05, 0) is 25.5 Å². The van der Waals surface area contributed by atoms with Crippen LogP contribution >= 0.6 is 12.6 Å². The molecule has 0 saturated carbocycles. The summed E-state index contributed by atoms with van der Waals surface area (Å²) in [6.45, 7) is 1.78. The minimum Gasteiger partial charge on any atom is -0.276 e. The molecule has 1 amide bonds. The molecule has 1 aliphatic rings. The van der Waals surface area contributed by atoms with Gasteiger partial charge in [-0.2, -0.15) is 25.4 Å². The Morgan fingerprint density at radius 3 is 2.38 bits per heavy atom. The van der Waals surface area contributed by atoms with Crippen LogP contribution in [-0.2, 0) is 25.0 Å². The number of hydrogen-bond donors (Lipinski definition) is 4. The van der Waals surface area contributed by atoms with Gasteiger partial charge in [-0.15, -0.1) is 4.83 Å². The summed E-state index contributed by atoms with van der Waals surface area (Å²) in [4.78, 5) is 14.1. The van der Waals surface area contributed by atoms with Crippen molar-refractivity contribution in [3.8, 4) is 0 Å². The second kappa shape index (κ2) is 6.98. The summed E-state index contributed by atoms with van der Waals surface area (Å²) >= 11 is 4.15. The van der Waals surface area contributed by atoms with E-state index in [9.17, 15) is 21.6 Å². The van der Waals surface area contributed by atoms with Crippen LogP contribution in [-0.4, -0.2) is 44.9 Å². The summed E-state index contributed by atoms with van der Waals surface area (Å²) in [6.07, 6.45) is 0.123. The molecule has 1 fully saturated rings. The van der Waals surface area contributed by atoms with Crippen molar-refractivity contribution in [2.24, 2.45) is 5.14 Å². The summed E-state index contributed by atoms with van der Waals surface area (Å²) < 4.78 is 48.0. The Morgan fingerprint density at radius 1 is 1.25 bits per heavy atom. The van der Waals surface area contributed by atoms with Gasteiger partial charge in [0.15, 0.2) is 0 Å². The molecule has 2 atom stereocenters. The molecule has 134 valence electrons. The van der Waals surface area contributed by atoms with Crippen molar-refractivity contribution < 1.29 is 21.6 Å². The Labute approximate surface area is 146 Å². The predicted octanol–water partition coefficient (Wildman–Crippen LogP) is -1.12. The van der Waals surface area contributed by atoms with E-state index in [2.05, 4.69) is 12.6 Å². The Morgan fingerprint density at radius 2 is 1.83 bits per heavy atom. The number of rotatable bonds is 5. The molecule has 0 radical (unpaired) electrons. The molecular weight excluding hydrogens is 376 g/mol. The molecule has 1 heterocycles. The number of hydrogen-bond acceptors (Lipinski definition) is 6. The van der Waals surface area contributed by atoms with Crippen LogP contribution in [0.2, 0.25) is 0 Å². The molecular formula is C12H18N4O5S3. The number of thiol groups is 1. The van der Waals surface area contributed by atoms with Crippen molar-refractivity contribution >= 4 is 38.8 Å². The zero-order chi connectivity index (χ0) is 18.1. The molecule has 2 rings (SSSR count). The second-order valence-corrected chi connectivity index (χ2v) is 9.34. The van der Waals surface area contributed by atoms with Crippen molar-refractivity contribution in [3.05, 3.63) is 29.8 Å². The minimum absolute atomic E-state index is 0.0231. The van der Waals surface area contributed by atoms with Crippen LogP contribution < -0.4 is 15.4 Å². The first-order valence-electron chi connectivity index (χ1n) is 6.86. The van der Waals surface area contributed by atoms with Gasteiger partial charge < -0.3 is 0 Å². The number of aryl methyl sites for hydroxylation is 1. The number of nitrogens with zero attached hydrogens (tertiary/aromatic N) is 1. The molecule has 1 saturated heterocycles. The number of carbonyl (C=O) groups is 1. The molecule has 1 aromatic rings. The highest BCUT2D eigenvalue weighted by molar-refractivity contribution is 7.89. The van der Waals surface area contributed by atoms with E-state index in [-0.39, 0.29) is 23.1 Å². The van der Waals surface area contributed by atoms with Crippen LogP contribution in [0, 0.1) is 6.92 Å². The van der Waals surface area contributed by atoms with E-state index in [1.165, 1.54) is 12.1 Å². The van der Waals surface area contributed by atoms with Gasteiger partial charge in [0.1, 0.15) is 6.04 Å². The molecule has 1 aliphatic heterocycles. The maximum atomic E-state index is 12.1. The molecule has 0 aromatic heterocycles. The highest BCUT2D eigenvalue weighted by Gasteiger charge is 2.41. The minimum atomic E-state index is -4.09. The van der Waals surface area contributed by atoms with E-state index in [4.69, 9.17) is 5.14 Å². The first-order valence-corrected chi connectivity index (χ1v) is 10.4. The first kappa shape index (κ1) is 19.1. The molecule has 0 bridgehead atoms. The lowest BCUT2D eigenvalue weighted by Crippen LogP contribution is -2.52. The third-order valence-electron chi connectivity index (χ3n) is 3.50. The lowest BCUT2D eigenvalue weighted by molar-refractivity contribution is -0.124. The van der Waals surface area contributed by atoms with Crippen LogP contribution in [0.4, 0.5) is 0 Å². The molecule has 9 nitrogen and oxygen atoms in total. The van der Waals surface area contributed by atoms with E-state index in [0.717, 1.165) is 9.87 Å². The summed E-state index contributed by atoms with van der Waals surface area (Å²) in [5, 5.41) is 4.70.